The molecule has 0 spiro atoms. The molecule has 0 saturated heterocycles. The van der Waals surface area contributed by atoms with Crippen LogP contribution in [-0.4, -0.2) is 22.8 Å². The van der Waals surface area contributed by atoms with Crippen LogP contribution in [0.3, 0.4) is 0 Å². The molecule has 19 heavy (non-hydrogen) atoms. The van der Waals surface area contributed by atoms with Crippen LogP contribution in [-0.2, 0) is 12.8 Å². The second-order valence-electron chi connectivity index (χ2n) is 4.96. The van der Waals surface area contributed by atoms with Crippen LogP contribution in [0.15, 0.2) is 11.4 Å². The monoisotopic (exact) mass is 293 g/mol. The van der Waals surface area contributed by atoms with Crippen LogP contribution in [0.1, 0.15) is 36.8 Å². The van der Waals surface area contributed by atoms with Gasteiger partial charge in [-0.3, -0.25) is 0 Å². The largest absolute Gasteiger partial charge is 0.314 e. The molecular formula is C14H19N3S2. The molecule has 2 heterocycles. The Morgan fingerprint density at radius 1 is 1.37 bits per heavy atom. The van der Waals surface area contributed by atoms with E-state index in [9.17, 15) is 0 Å². The van der Waals surface area contributed by atoms with E-state index >= 15 is 0 Å². The quantitative estimate of drug-likeness (QED) is 0.794. The van der Waals surface area contributed by atoms with E-state index in [4.69, 9.17) is 0 Å². The molecule has 2 aromatic rings. The summed E-state index contributed by atoms with van der Waals surface area (Å²) in [6.45, 7) is 3.30. The summed E-state index contributed by atoms with van der Waals surface area (Å²) in [5.74, 6) is 0. The predicted molar refractivity (Wildman–Crippen MR) is 81.9 cm³/mol. The Morgan fingerprint density at radius 2 is 2.26 bits per heavy atom. The summed E-state index contributed by atoms with van der Waals surface area (Å²) in [4.78, 5) is 1.31. The van der Waals surface area contributed by atoms with Crippen LogP contribution in [0.5, 0.6) is 0 Å². The molecule has 0 unspecified atom stereocenters. The van der Waals surface area contributed by atoms with Crippen LogP contribution >= 0.6 is 22.7 Å². The van der Waals surface area contributed by atoms with Gasteiger partial charge in [0.25, 0.3) is 0 Å². The van der Waals surface area contributed by atoms with Crippen molar-refractivity contribution in [2.75, 3.05) is 6.54 Å². The first-order valence-electron chi connectivity index (χ1n) is 6.99. The number of nitrogens with zero attached hydrogens (tertiary/aromatic N) is 2. The van der Waals surface area contributed by atoms with Crippen LogP contribution in [0.4, 0.5) is 0 Å². The van der Waals surface area contributed by atoms with E-state index in [1.54, 1.807) is 22.7 Å². The number of thiophene rings is 1. The maximum atomic E-state index is 4.35. The SMILES string of the molecule is CCc1ccsc1-c1nnc(CCCNC2CC2)s1. The Morgan fingerprint density at radius 3 is 3.05 bits per heavy atom. The highest BCUT2D eigenvalue weighted by Crippen LogP contribution is 2.32. The highest BCUT2D eigenvalue weighted by molar-refractivity contribution is 7.20. The Bertz CT molecular complexity index is 528. The number of nitrogens with one attached hydrogen (secondary N) is 1. The predicted octanol–water partition coefficient (Wildman–Crippen LogP) is 3.51. The van der Waals surface area contributed by atoms with Crippen molar-refractivity contribution in [3.63, 3.8) is 0 Å². The molecule has 0 amide bonds. The Labute approximate surface area is 122 Å². The molecule has 0 bridgehead atoms. The van der Waals surface area contributed by atoms with Gasteiger partial charge in [0, 0.05) is 12.5 Å². The van der Waals surface area contributed by atoms with Crippen molar-refractivity contribution in [2.45, 2.75) is 45.1 Å². The van der Waals surface area contributed by atoms with Crippen molar-refractivity contribution in [3.05, 3.63) is 22.0 Å². The van der Waals surface area contributed by atoms with Crippen molar-refractivity contribution in [1.82, 2.24) is 15.5 Å². The van der Waals surface area contributed by atoms with Gasteiger partial charge in [-0.1, -0.05) is 18.3 Å². The summed E-state index contributed by atoms with van der Waals surface area (Å²) < 4.78 is 0. The summed E-state index contributed by atoms with van der Waals surface area (Å²) >= 11 is 3.53. The highest BCUT2D eigenvalue weighted by atomic mass is 32.1. The van der Waals surface area contributed by atoms with E-state index in [-0.39, 0.29) is 0 Å². The molecule has 0 aliphatic heterocycles. The van der Waals surface area contributed by atoms with Crippen LogP contribution in [0.25, 0.3) is 9.88 Å². The third kappa shape index (κ3) is 3.41. The van der Waals surface area contributed by atoms with E-state index in [1.807, 2.05) is 0 Å². The van der Waals surface area contributed by atoms with E-state index < -0.39 is 0 Å². The number of aryl methyl sites for hydroxylation is 2. The molecule has 102 valence electrons. The summed E-state index contributed by atoms with van der Waals surface area (Å²) in [5, 5.41) is 16.6. The lowest BCUT2D eigenvalue weighted by atomic mass is 10.2. The minimum absolute atomic E-state index is 0.809. The molecule has 1 aliphatic carbocycles. The zero-order chi connectivity index (χ0) is 13.1. The molecule has 1 fully saturated rings. The molecular weight excluding hydrogens is 274 g/mol. The Hall–Kier alpha value is -0.780. The third-order valence-electron chi connectivity index (χ3n) is 3.37. The summed E-state index contributed by atoms with van der Waals surface area (Å²) in [6.07, 6.45) is 6.00. The van der Waals surface area contributed by atoms with Gasteiger partial charge in [-0.15, -0.1) is 21.5 Å². The lowest BCUT2D eigenvalue weighted by molar-refractivity contribution is 0.643. The lowest BCUT2D eigenvalue weighted by Gasteiger charge is -1.99. The van der Waals surface area contributed by atoms with E-state index in [0.717, 1.165) is 36.9 Å². The first-order chi connectivity index (χ1) is 9.36. The lowest BCUT2D eigenvalue weighted by Crippen LogP contribution is -2.17. The van der Waals surface area contributed by atoms with E-state index in [1.165, 1.54) is 28.3 Å². The van der Waals surface area contributed by atoms with E-state index in [0.29, 0.717) is 0 Å². The molecule has 0 atom stereocenters. The van der Waals surface area contributed by atoms with Crippen molar-refractivity contribution >= 4 is 22.7 Å². The van der Waals surface area contributed by atoms with Crippen LogP contribution in [0.2, 0.25) is 0 Å². The Kier molecular flexibility index (Phi) is 4.25. The summed E-state index contributed by atoms with van der Waals surface area (Å²) in [5.41, 5.74) is 1.39. The van der Waals surface area contributed by atoms with Crippen molar-refractivity contribution < 1.29 is 0 Å². The van der Waals surface area contributed by atoms with Gasteiger partial charge in [-0.05, 0) is 49.2 Å². The number of aromatic nitrogens is 2. The molecule has 3 nitrogen and oxygen atoms in total. The van der Waals surface area contributed by atoms with Gasteiger partial charge in [0.1, 0.15) is 5.01 Å². The van der Waals surface area contributed by atoms with Crippen molar-refractivity contribution in [1.29, 1.82) is 0 Å². The third-order valence-corrected chi connectivity index (χ3v) is 5.46. The molecule has 0 radical (unpaired) electrons. The normalized spacial score (nSPS) is 15.0. The van der Waals surface area contributed by atoms with Gasteiger partial charge >= 0.3 is 0 Å². The standard InChI is InChI=1S/C14H19N3S2/c1-2-10-7-9-18-13(10)14-17-16-12(19-14)4-3-8-15-11-5-6-11/h7,9,11,15H,2-6,8H2,1H3. The van der Waals surface area contributed by atoms with E-state index in [2.05, 4.69) is 33.9 Å². The van der Waals surface area contributed by atoms with Gasteiger partial charge in [0.05, 0.1) is 4.88 Å². The fraction of sp³-hybridized carbons (Fsp3) is 0.571. The molecule has 2 aromatic heterocycles. The van der Waals surface area contributed by atoms with Gasteiger partial charge in [-0.25, -0.2) is 0 Å². The fourth-order valence-electron chi connectivity index (χ4n) is 2.08. The number of rotatable bonds is 7. The first-order valence-corrected chi connectivity index (χ1v) is 8.69. The zero-order valence-electron chi connectivity index (χ0n) is 11.2. The Balaban J connectivity index is 1.56. The molecule has 1 aliphatic rings. The second-order valence-corrected chi connectivity index (χ2v) is 6.94. The topological polar surface area (TPSA) is 37.8 Å². The molecule has 3 rings (SSSR count). The van der Waals surface area contributed by atoms with Gasteiger partial charge < -0.3 is 5.32 Å². The maximum absolute atomic E-state index is 4.35. The molecule has 5 heteroatoms. The highest BCUT2D eigenvalue weighted by Gasteiger charge is 2.19. The van der Waals surface area contributed by atoms with Gasteiger partial charge in [0.2, 0.25) is 0 Å². The fourth-order valence-corrected chi connectivity index (χ4v) is 4.08. The number of hydrogen-bond donors (Lipinski definition) is 1. The van der Waals surface area contributed by atoms with Crippen molar-refractivity contribution in [2.24, 2.45) is 0 Å². The molecule has 1 saturated carbocycles. The van der Waals surface area contributed by atoms with Crippen LogP contribution < -0.4 is 5.32 Å². The average molecular weight is 293 g/mol. The molecule has 1 N–H and O–H groups in total. The maximum Gasteiger partial charge on any atom is 0.158 e. The minimum Gasteiger partial charge on any atom is -0.314 e. The van der Waals surface area contributed by atoms with Gasteiger partial charge in [0.15, 0.2) is 5.01 Å². The average Bonchev–Trinajstić information content (AvgIpc) is 2.94. The zero-order valence-corrected chi connectivity index (χ0v) is 12.8. The summed E-state index contributed by atoms with van der Waals surface area (Å²) in [7, 11) is 0. The smallest absolute Gasteiger partial charge is 0.158 e. The minimum atomic E-state index is 0.809. The number of hydrogen-bond acceptors (Lipinski definition) is 5. The van der Waals surface area contributed by atoms with Crippen LogP contribution in [0, 0.1) is 0 Å². The first kappa shape index (κ1) is 13.2. The second kappa shape index (κ2) is 6.11. The van der Waals surface area contributed by atoms with Gasteiger partial charge in [-0.2, -0.15) is 0 Å². The molecule has 0 aromatic carbocycles. The van der Waals surface area contributed by atoms with Crippen molar-refractivity contribution in [3.8, 4) is 9.88 Å². The summed E-state index contributed by atoms with van der Waals surface area (Å²) in [6, 6.07) is 3.00.